The van der Waals surface area contributed by atoms with Crippen LogP contribution in [-0.4, -0.2) is 34.0 Å². The summed E-state index contributed by atoms with van der Waals surface area (Å²) in [4.78, 5) is 50.8. The van der Waals surface area contributed by atoms with Gasteiger partial charge in [0.25, 0.3) is 11.8 Å². The smallest absolute Gasteiger partial charge is 0.335 e. The van der Waals surface area contributed by atoms with Gasteiger partial charge >= 0.3 is 5.97 Å². The number of carboxylic acids is 1. The molecule has 0 saturated carbocycles. The summed E-state index contributed by atoms with van der Waals surface area (Å²) in [7, 11) is 0. The van der Waals surface area contributed by atoms with Crippen molar-refractivity contribution in [3.05, 3.63) is 117 Å². The van der Waals surface area contributed by atoms with Gasteiger partial charge in [0.1, 0.15) is 5.70 Å². The molecular formula is C30H24ClN3O5S2. The molecule has 8 nitrogen and oxygen atoms in total. The summed E-state index contributed by atoms with van der Waals surface area (Å²) in [5, 5.41) is 20.8. The average molecular weight is 606 g/mol. The highest BCUT2D eigenvalue weighted by atomic mass is 35.5. The van der Waals surface area contributed by atoms with Crippen LogP contribution in [0.2, 0.25) is 5.02 Å². The maximum absolute atomic E-state index is 13.2. The highest BCUT2D eigenvalue weighted by molar-refractivity contribution is 8.00. The van der Waals surface area contributed by atoms with Gasteiger partial charge in [-0.15, -0.1) is 11.8 Å². The molecule has 0 aliphatic rings. The van der Waals surface area contributed by atoms with Crippen LogP contribution in [0.25, 0.3) is 6.08 Å². The minimum atomic E-state index is -1.13. The quantitative estimate of drug-likeness (QED) is 0.119. The van der Waals surface area contributed by atoms with Crippen LogP contribution in [0.4, 0.5) is 11.4 Å². The topological polar surface area (TPSA) is 125 Å². The lowest BCUT2D eigenvalue weighted by atomic mass is 10.2. The van der Waals surface area contributed by atoms with E-state index in [-0.39, 0.29) is 27.9 Å². The summed E-state index contributed by atoms with van der Waals surface area (Å²) in [5.74, 6) is -2.44. The molecule has 1 atom stereocenters. The number of hydrogen-bond donors (Lipinski definition) is 4. The standard InChI is InChI=1S/C30H24ClN3O5S2/c1-18(27(35)33-25-15-21(30(38)39)10-11-24(25)31)41-23-9-5-8-22(16-23)32-29(37)26(14-19-12-13-40-17-19)34-28(36)20-6-3-2-4-7-20/h2-18H,1H3,(H,32,37)(H,33,35)(H,34,36)(H,38,39)/b26-14-. The second-order valence-corrected chi connectivity index (χ2v) is 11.3. The number of halogens is 1. The molecule has 0 saturated heterocycles. The Labute approximate surface area is 249 Å². The van der Waals surface area contributed by atoms with Crippen LogP contribution in [-0.2, 0) is 9.59 Å². The lowest BCUT2D eigenvalue weighted by molar-refractivity contribution is -0.115. The molecule has 1 heterocycles. The summed E-state index contributed by atoms with van der Waals surface area (Å²) >= 11 is 8.84. The maximum Gasteiger partial charge on any atom is 0.335 e. The van der Waals surface area contributed by atoms with Crippen molar-refractivity contribution in [3.8, 4) is 0 Å². The Morgan fingerprint density at radius 3 is 2.41 bits per heavy atom. The van der Waals surface area contributed by atoms with Crippen LogP contribution in [0.3, 0.4) is 0 Å². The van der Waals surface area contributed by atoms with Gasteiger partial charge in [0, 0.05) is 16.1 Å². The predicted molar refractivity (Wildman–Crippen MR) is 164 cm³/mol. The van der Waals surface area contributed by atoms with Crippen LogP contribution in [0.5, 0.6) is 0 Å². The first-order chi connectivity index (χ1) is 19.7. The van der Waals surface area contributed by atoms with Gasteiger partial charge in [0.2, 0.25) is 5.91 Å². The van der Waals surface area contributed by atoms with E-state index in [1.54, 1.807) is 67.6 Å². The zero-order valence-electron chi connectivity index (χ0n) is 21.6. The second-order valence-electron chi connectivity index (χ2n) is 8.67. The molecule has 0 radical (unpaired) electrons. The Morgan fingerprint density at radius 1 is 0.927 bits per heavy atom. The molecule has 3 aromatic carbocycles. The number of nitrogens with one attached hydrogen (secondary N) is 3. The molecule has 0 bridgehead atoms. The summed E-state index contributed by atoms with van der Waals surface area (Å²) in [5.41, 5.74) is 1.93. The van der Waals surface area contributed by atoms with Crippen LogP contribution < -0.4 is 16.0 Å². The Balaban J connectivity index is 1.45. The normalized spacial score (nSPS) is 11.8. The zero-order valence-corrected chi connectivity index (χ0v) is 24.0. The monoisotopic (exact) mass is 605 g/mol. The minimum absolute atomic E-state index is 0.000763. The number of hydrogen-bond acceptors (Lipinski definition) is 6. The van der Waals surface area contributed by atoms with E-state index in [1.807, 2.05) is 16.8 Å². The molecule has 41 heavy (non-hydrogen) atoms. The molecule has 4 aromatic rings. The molecule has 3 amide bonds. The van der Waals surface area contributed by atoms with E-state index in [4.69, 9.17) is 11.6 Å². The molecular weight excluding hydrogens is 582 g/mol. The molecule has 208 valence electrons. The number of thiophene rings is 1. The Morgan fingerprint density at radius 2 is 1.71 bits per heavy atom. The lowest BCUT2D eigenvalue weighted by Gasteiger charge is -2.15. The third-order valence-electron chi connectivity index (χ3n) is 5.63. The number of amides is 3. The van der Waals surface area contributed by atoms with Crippen LogP contribution in [0, 0.1) is 0 Å². The molecule has 0 aliphatic heterocycles. The Kier molecular flexibility index (Phi) is 9.96. The van der Waals surface area contributed by atoms with Gasteiger partial charge in [-0.1, -0.05) is 35.9 Å². The van der Waals surface area contributed by atoms with Crippen molar-refractivity contribution in [1.82, 2.24) is 5.32 Å². The number of thioether (sulfide) groups is 1. The number of benzene rings is 3. The molecule has 4 N–H and O–H groups in total. The summed E-state index contributed by atoms with van der Waals surface area (Å²) < 4.78 is 0. The van der Waals surface area contributed by atoms with Gasteiger partial charge in [-0.3, -0.25) is 14.4 Å². The van der Waals surface area contributed by atoms with Crippen LogP contribution in [0.15, 0.2) is 100 Å². The van der Waals surface area contributed by atoms with Gasteiger partial charge in [-0.05, 0) is 83.9 Å². The van der Waals surface area contributed by atoms with E-state index in [9.17, 15) is 24.3 Å². The first-order valence-corrected chi connectivity index (χ1v) is 14.4. The van der Waals surface area contributed by atoms with E-state index in [2.05, 4.69) is 16.0 Å². The van der Waals surface area contributed by atoms with E-state index in [1.165, 1.54) is 41.3 Å². The van der Waals surface area contributed by atoms with Crippen molar-refractivity contribution < 1.29 is 24.3 Å². The van der Waals surface area contributed by atoms with Gasteiger partial charge in [0.15, 0.2) is 0 Å². The number of carbonyl (C=O) groups is 4. The largest absolute Gasteiger partial charge is 0.478 e. The molecule has 0 fully saturated rings. The van der Waals surface area contributed by atoms with Gasteiger partial charge in [-0.2, -0.15) is 11.3 Å². The third kappa shape index (κ3) is 8.31. The van der Waals surface area contributed by atoms with Crippen molar-refractivity contribution in [2.75, 3.05) is 10.6 Å². The van der Waals surface area contributed by atoms with Gasteiger partial charge < -0.3 is 21.1 Å². The summed E-state index contributed by atoms with van der Waals surface area (Å²) in [6, 6.07) is 21.4. The van der Waals surface area contributed by atoms with E-state index in [0.717, 1.165) is 5.56 Å². The summed E-state index contributed by atoms with van der Waals surface area (Å²) in [6.45, 7) is 1.70. The first-order valence-electron chi connectivity index (χ1n) is 12.2. The first kappa shape index (κ1) is 29.6. The van der Waals surface area contributed by atoms with Crippen molar-refractivity contribution in [2.45, 2.75) is 17.1 Å². The van der Waals surface area contributed by atoms with E-state index in [0.29, 0.717) is 16.1 Å². The lowest BCUT2D eigenvalue weighted by Crippen LogP contribution is -2.30. The molecule has 11 heteroatoms. The SMILES string of the molecule is CC(Sc1cccc(NC(=O)/C(=C/c2ccsc2)NC(=O)c2ccccc2)c1)C(=O)Nc1cc(C(=O)O)ccc1Cl. The Hall–Kier alpha value is -4.38. The molecule has 1 unspecified atom stereocenters. The predicted octanol–water partition coefficient (Wildman–Crippen LogP) is 6.63. The third-order valence-corrected chi connectivity index (χ3v) is 7.75. The van der Waals surface area contributed by atoms with Crippen LogP contribution in [0.1, 0.15) is 33.2 Å². The fourth-order valence-electron chi connectivity index (χ4n) is 3.56. The number of rotatable bonds is 10. The average Bonchev–Trinajstić information content (AvgIpc) is 3.47. The van der Waals surface area contributed by atoms with Crippen LogP contribution >= 0.6 is 34.7 Å². The van der Waals surface area contributed by atoms with E-state index >= 15 is 0 Å². The summed E-state index contributed by atoms with van der Waals surface area (Å²) in [6.07, 6.45) is 1.60. The second kappa shape index (κ2) is 13.8. The number of aromatic carboxylic acids is 1. The fraction of sp³-hybridized carbons (Fsp3) is 0.0667. The highest BCUT2D eigenvalue weighted by Crippen LogP contribution is 2.29. The molecule has 1 aromatic heterocycles. The maximum atomic E-state index is 13.2. The highest BCUT2D eigenvalue weighted by Gasteiger charge is 2.19. The molecule has 0 spiro atoms. The number of carboxylic acid groups (broad SMARTS) is 1. The van der Waals surface area contributed by atoms with E-state index < -0.39 is 23.0 Å². The van der Waals surface area contributed by atoms with Crippen molar-refractivity contribution in [1.29, 1.82) is 0 Å². The minimum Gasteiger partial charge on any atom is -0.478 e. The van der Waals surface area contributed by atoms with Crippen molar-refractivity contribution in [3.63, 3.8) is 0 Å². The fourth-order valence-corrected chi connectivity index (χ4v) is 5.27. The molecule has 4 rings (SSSR count). The van der Waals surface area contributed by atoms with Gasteiger partial charge in [0.05, 0.1) is 21.5 Å². The number of carbonyl (C=O) groups excluding carboxylic acids is 3. The number of anilines is 2. The van der Waals surface area contributed by atoms with Gasteiger partial charge in [-0.25, -0.2) is 4.79 Å². The zero-order chi connectivity index (χ0) is 29.4. The Bertz CT molecular complexity index is 1610. The molecule has 0 aliphatic carbocycles. The van der Waals surface area contributed by atoms with Crippen molar-refractivity contribution >= 4 is 75.8 Å². The van der Waals surface area contributed by atoms with Crippen molar-refractivity contribution in [2.24, 2.45) is 0 Å².